The predicted molar refractivity (Wildman–Crippen MR) is 121 cm³/mol. The van der Waals surface area contributed by atoms with Crippen LogP contribution >= 0.6 is 0 Å². The number of carbonyl (C=O) groups is 2. The Labute approximate surface area is 188 Å². The molecule has 2 aliphatic rings. The molecule has 0 spiro atoms. The van der Waals surface area contributed by atoms with Crippen molar-refractivity contribution in [1.29, 1.82) is 0 Å². The van der Waals surface area contributed by atoms with E-state index in [-0.39, 0.29) is 24.1 Å². The van der Waals surface area contributed by atoms with Crippen molar-refractivity contribution < 1.29 is 19.4 Å². The summed E-state index contributed by atoms with van der Waals surface area (Å²) < 4.78 is 5.95. The van der Waals surface area contributed by atoms with E-state index in [1.807, 2.05) is 24.3 Å². The zero-order valence-corrected chi connectivity index (χ0v) is 18.2. The molecule has 32 heavy (non-hydrogen) atoms. The van der Waals surface area contributed by atoms with E-state index in [4.69, 9.17) is 4.74 Å². The summed E-state index contributed by atoms with van der Waals surface area (Å²) in [5.41, 5.74) is 1.08. The Kier molecular flexibility index (Phi) is 7.21. The van der Waals surface area contributed by atoms with Gasteiger partial charge >= 0.3 is 0 Å². The SMILES string of the molecule is O=C(CN1CCCCCOc2ccccc2Nc2cccc(n2)C1=O)N1CCCC(O)C1. The number of pyridine rings is 1. The van der Waals surface area contributed by atoms with Gasteiger partial charge in [-0.3, -0.25) is 9.59 Å². The molecular weight excluding hydrogens is 408 g/mol. The molecular formula is C24H30N4O4. The number of fused-ring (bicyclic) bond motifs is 3. The highest BCUT2D eigenvalue weighted by atomic mass is 16.5. The van der Waals surface area contributed by atoms with Crippen LogP contribution in [0.2, 0.25) is 0 Å². The maximum absolute atomic E-state index is 13.3. The molecule has 2 N–H and O–H groups in total. The van der Waals surface area contributed by atoms with Gasteiger partial charge in [0.25, 0.3) is 5.91 Å². The van der Waals surface area contributed by atoms with E-state index in [9.17, 15) is 14.7 Å². The van der Waals surface area contributed by atoms with Crippen LogP contribution in [0.3, 0.4) is 0 Å². The Balaban J connectivity index is 1.55. The average molecular weight is 439 g/mol. The molecule has 2 amide bonds. The summed E-state index contributed by atoms with van der Waals surface area (Å²) in [6.07, 6.45) is 3.49. The first-order valence-corrected chi connectivity index (χ1v) is 11.3. The lowest BCUT2D eigenvalue weighted by atomic mass is 10.1. The molecule has 8 heteroatoms. The number of nitrogens with zero attached hydrogens (tertiary/aromatic N) is 3. The van der Waals surface area contributed by atoms with Gasteiger partial charge in [-0.15, -0.1) is 0 Å². The van der Waals surface area contributed by atoms with Crippen molar-refractivity contribution in [2.45, 2.75) is 38.2 Å². The zero-order valence-electron chi connectivity index (χ0n) is 18.2. The normalized spacial score (nSPS) is 19.9. The number of hydrogen-bond acceptors (Lipinski definition) is 6. The first kappa shape index (κ1) is 22.1. The lowest BCUT2D eigenvalue weighted by Gasteiger charge is -2.32. The summed E-state index contributed by atoms with van der Waals surface area (Å²) in [6.45, 7) is 1.98. The molecule has 4 rings (SSSR count). The number of nitrogens with one attached hydrogen (secondary N) is 1. The smallest absolute Gasteiger partial charge is 0.273 e. The fraction of sp³-hybridized carbons (Fsp3) is 0.458. The third-order valence-corrected chi connectivity index (χ3v) is 5.81. The Morgan fingerprint density at radius 1 is 1.09 bits per heavy atom. The van der Waals surface area contributed by atoms with Crippen molar-refractivity contribution >= 4 is 23.3 Å². The average Bonchev–Trinajstić information content (AvgIpc) is 2.80. The molecule has 1 aromatic heterocycles. The molecule has 1 aromatic carbocycles. The Morgan fingerprint density at radius 3 is 2.84 bits per heavy atom. The summed E-state index contributed by atoms with van der Waals surface area (Å²) in [5, 5.41) is 13.1. The first-order chi connectivity index (χ1) is 15.6. The number of β-amino-alcohol motifs (C(OH)–C–C–N with tert-alkyl or cyclic N) is 1. The number of hydrogen-bond donors (Lipinski definition) is 2. The zero-order chi connectivity index (χ0) is 22.3. The topological polar surface area (TPSA) is 95.0 Å². The second kappa shape index (κ2) is 10.5. The molecule has 8 nitrogen and oxygen atoms in total. The van der Waals surface area contributed by atoms with Crippen LogP contribution in [0, 0.1) is 0 Å². The van der Waals surface area contributed by atoms with Gasteiger partial charge in [0.1, 0.15) is 23.8 Å². The van der Waals surface area contributed by atoms with Gasteiger partial charge in [-0.25, -0.2) is 4.98 Å². The Hall–Kier alpha value is -3.13. The number of piperidine rings is 1. The van der Waals surface area contributed by atoms with Gasteiger partial charge < -0.3 is 25.0 Å². The van der Waals surface area contributed by atoms with Gasteiger partial charge in [-0.2, -0.15) is 0 Å². The highest BCUT2D eigenvalue weighted by Gasteiger charge is 2.26. The van der Waals surface area contributed by atoms with Crippen molar-refractivity contribution in [2.75, 3.05) is 38.1 Å². The van der Waals surface area contributed by atoms with E-state index in [2.05, 4.69) is 10.3 Å². The second-order valence-electron chi connectivity index (χ2n) is 8.30. The van der Waals surface area contributed by atoms with Crippen molar-refractivity contribution in [1.82, 2.24) is 14.8 Å². The number of anilines is 2. The summed E-state index contributed by atoms with van der Waals surface area (Å²) >= 11 is 0. The Morgan fingerprint density at radius 2 is 1.97 bits per heavy atom. The van der Waals surface area contributed by atoms with Gasteiger partial charge in [0.15, 0.2) is 0 Å². The number of amides is 2. The van der Waals surface area contributed by atoms with E-state index in [0.717, 1.165) is 37.1 Å². The van der Waals surface area contributed by atoms with Gasteiger partial charge in [0.05, 0.1) is 18.4 Å². The lowest BCUT2D eigenvalue weighted by molar-refractivity contribution is -0.134. The molecule has 3 heterocycles. The number of benzene rings is 1. The molecule has 170 valence electrons. The molecule has 0 aliphatic carbocycles. The lowest BCUT2D eigenvalue weighted by Crippen LogP contribution is -2.48. The molecule has 2 bridgehead atoms. The van der Waals surface area contributed by atoms with Gasteiger partial charge in [-0.05, 0) is 56.4 Å². The number of rotatable bonds is 2. The largest absolute Gasteiger partial charge is 0.491 e. The molecule has 1 unspecified atom stereocenters. The Bertz CT molecular complexity index is 951. The van der Waals surface area contributed by atoms with Crippen LogP contribution in [0.15, 0.2) is 42.5 Å². The predicted octanol–water partition coefficient (Wildman–Crippen LogP) is 2.81. The highest BCUT2D eigenvalue weighted by Crippen LogP contribution is 2.27. The van der Waals surface area contributed by atoms with Crippen LogP contribution in [-0.4, -0.2) is 70.6 Å². The number of ether oxygens (including phenoxy) is 1. The van der Waals surface area contributed by atoms with E-state index in [1.54, 1.807) is 28.0 Å². The van der Waals surface area contributed by atoms with Gasteiger partial charge in [-0.1, -0.05) is 18.2 Å². The van der Waals surface area contributed by atoms with Gasteiger partial charge in [0.2, 0.25) is 5.91 Å². The van der Waals surface area contributed by atoms with E-state index in [0.29, 0.717) is 38.5 Å². The summed E-state index contributed by atoms with van der Waals surface area (Å²) in [4.78, 5) is 33.9. The monoisotopic (exact) mass is 438 g/mol. The third-order valence-electron chi connectivity index (χ3n) is 5.81. The molecule has 0 saturated carbocycles. The van der Waals surface area contributed by atoms with Crippen LogP contribution in [-0.2, 0) is 4.79 Å². The number of para-hydroxylation sites is 2. The molecule has 1 saturated heterocycles. The third kappa shape index (κ3) is 5.56. The maximum Gasteiger partial charge on any atom is 0.273 e. The number of aliphatic hydroxyl groups excluding tert-OH is 1. The minimum atomic E-state index is -0.491. The van der Waals surface area contributed by atoms with Gasteiger partial charge in [0, 0.05) is 19.6 Å². The summed E-state index contributed by atoms with van der Waals surface area (Å²) in [6, 6.07) is 12.9. The maximum atomic E-state index is 13.3. The molecule has 2 aromatic rings. The number of carbonyl (C=O) groups excluding carboxylic acids is 2. The fourth-order valence-corrected chi connectivity index (χ4v) is 4.08. The first-order valence-electron chi connectivity index (χ1n) is 11.3. The van der Waals surface area contributed by atoms with E-state index in [1.165, 1.54) is 0 Å². The van der Waals surface area contributed by atoms with E-state index >= 15 is 0 Å². The van der Waals surface area contributed by atoms with Crippen molar-refractivity contribution in [3.63, 3.8) is 0 Å². The molecule has 1 atom stereocenters. The van der Waals surface area contributed by atoms with Crippen LogP contribution in [0.5, 0.6) is 5.75 Å². The molecule has 0 radical (unpaired) electrons. The standard InChI is InChI=1S/C24H30N4O4/c29-18-8-7-14-27(16-18)23(30)17-28-13-4-1-5-15-32-21-11-3-2-9-19(21)25-22-12-6-10-20(26-22)24(28)31/h2-3,6,9-12,18,29H,1,4-5,7-8,13-17H2,(H,25,26). The van der Waals surface area contributed by atoms with Crippen molar-refractivity contribution in [2.24, 2.45) is 0 Å². The second-order valence-corrected chi connectivity index (χ2v) is 8.30. The number of likely N-dealkylation sites (tertiary alicyclic amines) is 1. The van der Waals surface area contributed by atoms with Crippen molar-refractivity contribution in [3.8, 4) is 5.75 Å². The fourth-order valence-electron chi connectivity index (χ4n) is 4.08. The minimum absolute atomic E-state index is 0.00970. The summed E-state index contributed by atoms with van der Waals surface area (Å²) in [7, 11) is 0. The van der Waals surface area contributed by atoms with Crippen LogP contribution in [0.25, 0.3) is 0 Å². The van der Waals surface area contributed by atoms with Crippen LogP contribution < -0.4 is 10.1 Å². The minimum Gasteiger partial charge on any atom is -0.491 e. The quantitative estimate of drug-likeness (QED) is 0.749. The molecule has 1 fully saturated rings. The number of aromatic nitrogens is 1. The highest BCUT2D eigenvalue weighted by molar-refractivity contribution is 5.95. The van der Waals surface area contributed by atoms with Crippen LogP contribution in [0.4, 0.5) is 11.5 Å². The number of aliphatic hydroxyl groups is 1. The van der Waals surface area contributed by atoms with Crippen molar-refractivity contribution in [3.05, 3.63) is 48.2 Å². The summed E-state index contributed by atoms with van der Waals surface area (Å²) in [5.74, 6) is 0.888. The van der Waals surface area contributed by atoms with Crippen LogP contribution in [0.1, 0.15) is 42.6 Å². The molecule has 2 aliphatic heterocycles. The van der Waals surface area contributed by atoms with E-state index < -0.39 is 6.10 Å².